The molecule has 0 saturated heterocycles. The Kier molecular flexibility index (Phi) is 5.07. The Balaban J connectivity index is 2.21. The van der Waals surface area contributed by atoms with Crippen molar-refractivity contribution >= 4 is 21.6 Å². The quantitative estimate of drug-likeness (QED) is 0.838. The van der Waals surface area contributed by atoms with Crippen LogP contribution in [0.2, 0.25) is 0 Å². The lowest BCUT2D eigenvalue weighted by molar-refractivity contribution is 0.412. The second kappa shape index (κ2) is 6.80. The van der Waals surface area contributed by atoms with Gasteiger partial charge in [-0.25, -0.2) is 4.39 Å². The van der Waals surface area contributed by atoms with Gasteiger partial charge >= 0.3 is 0 Å². The number of rotatable bonds is 5. The van der Waals surface area contributed by atoms with E-state index in [1.54, 1.807) is 26.4 Å². The molecule has 1 atom stereocenters. The number of methoxy groups -OCH3 is 2. The maximum atomic E-state index is 13.8. The maximum absolute atomic E-state index is 13.8. The maximum Gasteiger partial charge on any atom is 0.146 e. The van der Waals surface area contributed by atoms with Crippen LogP contribution in [-0.4, -0.2) is 14.2 Å². The van der Waals surface area contributed by atoms with Gasteiger partial charge in [-0.3, -0.25) is 0 Å². The Morgan fingerprint density at radius 3 is 2.48 bits per heavy atom. The normalized spacial score (nSPS) is 11.9. The Bertz CT molecular complexity index is 634. The van der Waals surface area contributed by atoms with E-state index in [4.69, 9.17) is 9.47 Å². The lowest BCUT2D eigenvalue weighted by Gasteiger charge is -2.18. The first-order chi connectivity index (χ1) is 10.0. The Morgan fingerprint density at radius 1 is 1.10 bits per heavy atom. The fourth-order valence-corrected chi connectivity index (χ4v) is 2.57. The van der Waals surface area contributed by atoms with Crippen molar-refractivity contribution in [1.82, 2.24) is 0 Å². The van der Waals surface area contributed by atoms with Gasteiger partial charge in [-0.05, 0) is 52.7 Å². The van der Waals surface area contributed by atoms with Crippen LogP contribution in [0.5, 0.6) is 11.5 Å². The van der Waals surface area contributed by atoms with E-state index in [-0.39, 0.29) is 11.9 Å². The van der Waals surface area contributed by atoms with E-state index >= 15 is 0 Å². The molecule has 2 aromatic carbocycles. The van der Waals surface area contributed by atoms with Crippen LogP contribution in [0.4, 0.5) is 10.1 Å². The average molecular weight is 354 g/mol. The van der Waals surface area contributed by atoms with Crippen LogP contribution in [-0.2, 0) is 0 Å². The molecule has 0 spiro atoms. The molecule has 0 aliphatic heterocycles. The van der Waals surface area contributed by atoms with Crippen LogP contribution in [0.1, 0.15) is 18.5 Å². The molecule has 2 rings (SSSR count). The number of hydrogen-bond donors (Lipinski definition) is 1. The summed E-state index contributed by atoms with van der Waals surface area (Å²) < 4.78 is 25.0. The van der Waals surface area contributed by atoms with Crippen molar-refractivity contribution in [2.24, 2.45) is 0 Å². The molecule has 0 aromatic heterocycles. The zero-order chi connectivity index (χ0) is 15.4. The number of hydrogen-bond acceptors (Lipinski definition) is 3. The van der Waals surface area contributed by atoms with E-state index in [9.17, 15) is 4.39 Å². The standard InChI is InChI=1S/C16H17BrFNO2/c1-10(11-4-7-16(21-3)13(17)8-11)19-15-9-12(20-2)5-6-14(15)18/h4-10,19H,1-3H3. The van der Waals surface area contributed by atoms with Crippen molar-refractivity contribution in [3.8, 4) is 11.5 Å². The van der Waals surface area contributed by atoms with Gasteiger partial charge in [0.15, 0.2) is 0 Å². The van der Waals surface area contributed by atoms with Gasteiger partial charge in [0, 0.05) is 12.1 Å². The van der Waals surface area contributed by atoms with Crippen molar-refractivity contribution < 1.29 is 13.9 Å². The molecule has 3 nitrogen and oxygen atoms in total. The number of nitrogens with one attached hydrogen (secondary N) is 1. The summed E-state index contributed by atoms with van der Waals surface area (Å²) >= 11 is 3.45. The molecule has 2 aromatic rings. The first kappa shape index (κ1) is 15.6. The first-order valence-electron chi connectivity index (χ1n) is 6.48. The molecule has 0 aliphatic carbocycles. The number of halogens is 2. The third kappa shape index (κ3) is 3.67. The third-order valence-corrected chi connectivity index (χ3v) is 3.84. The van der Waals surface area contributed by atoms with Gasteiger partial charge in [-0.15, -0.1) is 0 Å². The largest absolute Gasteiger partial charge is 0.497 e. The van der Waals surface area contributed by atoms with Gasteiger partial charge in [0.25, 0.3) is 0 Å². The van der Waals surface area contributed by atoms with Gasteiger partial charge in [0.2, 0.25) is 0 Å². The molecule has 0 fully saturated rings. The molecular formula is C16H17BrFNO2. The molecule has 0 heterocycles. The van der Waals surface area contributed by atoms with Gasteiger partial charge in [0.1, 0.15) is 17.3 Å². The van der Waals surface area contributed by atoms with E-state index in [2.05, 4.69) is 21.2 Å². The minimum atomic E-state index is -0.310. The highest BCUT2D eigenvalue weighted by Crippen LogP contribution is 2.30. The van der Waals surface area contributed by atoms with E-state index in [0.717, 1.165) is 15.8 Å². The molecule has 1 N–H and O–H groups in total. The fourth-order valence-electron chi connectivity index (χ4n) is 2.01. The monoisotopic (exact) mass is 353 g/mol. The summed E-state index contributed by atoms with van der Waals surface area (Å²) in [7, 11) is 3.17. The van der Waals surface area contributed by atoms with Crippen LogP contribution in [0.25, 0.3) is 0 Å². The Morgan fingerprint density at radius 2 is 1.86 bits per heavy atom. The van der Waals surface area contributed by atoms with Crippen LogP contribution in [0.15, 0.2) is 40.9 Å². The average Bonchev–Trinajstić information content (AvgIpc) is 2.49. The van der Waals surface area contributed by atoms with E-state index in [1.807, 2.05) is 25.1 Å². The third-order valence-electron chi connectivity index (χ3n) is 3.22. The summed E-state index contributed by atoms with van der Waals surface area (Å²) in [4.78, 5) is 0. The second-order valence-corrected chi connectivity index (χ2v) is 5.46. The molecule has 5 heteroatoms. The van der Waals surface area contributed by atoms with E-state index < -0.39 is 0 Å². The van der Waals surface area contributed by atoms with Crippen LogP contribution in [0, 0.1) is 5.82 Å². The van der Waals surface area contributed by atoms with E-state index in [1.165, 1.54) is 6.07 Å². The molecule has 112 valence electrons. The molecule has 0 saturated carbocycles. The zero-order valence-electron chi connectivity index (χ0n) is 12.1. The second-order valence-electron chi connectivity index (χ2n) is 4.61. The zero-order valence-corrected chi connectivity index (χ0v) is 13.7. The van der Waals surface area contributed by atoms with Gasteiger partial charge in [0.05, 0.1) is 24.4 Å². The number of anilines is 1. The predicted molar refractivity (Wildman–Crippen MR) is 85.7 cm³/mol. The number of ether oxygens (including phenoxy) is 2. The number of benzene rings is 2. The minimum absolute atomic E-state index is 0.0613. The first-order valence-corrected chi connectivity index (χ1v) is 7.28. The van der Waals surface area contributed by atoms with Crippen LogP contribution >= 0.6 is 15.9 Å². The highest BCUT2D eigenvalue weighted by atomic mass is 79.9. The summed E-state index contributed by atoms with van der Waals surface area (Å²) in [6, 6.07) is 10.3. The molecular weight excluding hydrogens is 337 g/mol. The Hall–Kier alpha value is -1.75. The minimum Gasteiger partial charge on any atom is -0.497 e. The lowest BCUT2D eigenvalue weighted by atomic mass is 10.1. The van der Waals surface area contributed by atoms with Crippen molar-refractivity contribution in [2.75, 3.05) is 19.5 Å². The molecule has 0 bridgehead atoms. The summed E-state index contributed by atoms with van der Waals surface area (Å²) in [6.07, 6.45) is 0. The smallest absolute Gasteiger partial charge is 0.146 e. The van der Waals surface area contributed by atoms with Gasteiger partial charge in [-0.2, -0.15) is 0 Å². The molecule has 0 radical (unpaired) electrons. The Labute approximate surface area is 132 Å². The summed E-state index contributed by atoms with van der Waals surface area (Å²) in [6.45, 7) is 1.97. The lowest BCUT2D eigenvalue weighted by Crippen LogP contribution is -2.08. The molecule has 0 aliphatic rings. The summed E-state index contributed by atoms with van der Waals surface area (Å²) in [5.74, 6) is 1.07. The van der Waals surface area contributed by atoms with Crippen molar-refractivity contribution in [2.45, 2.75) is 13.0 Å². The molecule has 21 heavy (non-hydrogen) atoms. The predicted octanol–water partition coefficient (Wildman–Crippen LogP) is 4.78. The molecule has 0 amide bonds. The topological polar surface area (TPSA) is 30.5 Å². The van der Waals surface area contributed by atoms with Crippen molar-refractivity contribution in [3.05, 3.63) is 52.3 Å². The van der Waals surface area contributed by atoms with Crippen molar-refractivity contribution in [3.63, 3.8) is 0 Å². The van der Waals surface area contributed by atoms with Crippen molar-refractivity contribution in [1.29, 1.82) is 0 Å². The summed E-state index contributed by atoms with van der Waals surface area (Å²) in [5.41, 5.74) is 1.43. The van der Waals surface area contributed by atoms with Gasteiger partial charge in [-0.1, -0.05) is 6.07 Å². The highest BCUT2D eigenvalue weighted by Gasteiger charge is 2.11. The van der Waals surface area contributed by atoms with E-state index in [0.29, 0.717) is 11.4 Å². The summed E-state index contributed by atoms with van der Waals surface area (Å²) in [5, 5.41) is 3.15. The van der Waals surface area contributed by atoms with Gasteiger partial charge < -0.3 is 14.8 Å². The molecule has 1 unspecified atom stereocenters. The highest BCUT2D eigenvalue weighted by molar-refractivity contribution is 9.10. The fraction of sp³-hybridized carbons (Fsp3) is 0.250. The van der Waals surface area contributed by atoms with Crippen LogP contribution < -0.4 is 14.8 Å². The van der Waals surface area contributed by atoms with Crippen LogP contribution in [0.3, 0.4) is 0 Å². The SMILES string of the molecule is COc1ccc(F)c(NC(C)c2ccc(OC)c(Br)c2)c1.